The van der Waals surface area contributed by atoms with Crippen LogP contribution in [0.2, 0.25) is 0 Å². The summed E-state index contributed by atoms with van der Waals surface area (Å²) in [6.45, 7) is 3.89. The van der Waals surface area contributed by atoms with Crippen LogP contribution in [0.1, 0.15) is 52.6 Å². The van der Waals surface area contributed by atoms with E-state index in [4.69, 9.17) is 0 Å². The summed E-state index contributed by atoms with van der Waals surface area (Å²) in [4.78, 5) is 51.2. The third-order valence-electron chi connectivity index (χ3n) is 6.73. The minimum atomic E-state index is -0.388. The lowest BCUT2D eigenvalue weighted by atomic mass is 10.1. The van der Waals surface area contributed by atoms with Crippen molar-refractivity contribution in [3.63, 3.8) is 0 Å². The Morgan fingerprint density at radius 2 is 0.659 bits per heavy atom. The monoisotopic (exact) mass is 582 g/mol. The van der Waals surface area contributed by atoms with Crippen molar-refractivity contribution >= 4 is 46.4 Å². The van der Waals surface area contributed by atoms with E-state index in [-0.39, 0.29) is 23.6 Å². The minimum absolute atomic E-state index is 0.292. The molecule has 0 fully saturated rings. The van der Waals surface area contributed by atoms with Crippen molar-refractivity contribution in [3.8, 4) is 0 Å². The molecule has 0 spiro atoms. The number of aryl methyl sites for hydroxylation is 2. The molecule has 0 unspecified atom stereocenters. The van der Waals surface area contributed by atoms with Crippen molar-refractivity contribution in [3.05, 3.63) is 155 Å². The van der Waals surface area contributed by atoms with Crippen molar-refractivity contribution < 1.29 is 19.2 Å². The highest BCUT2D eigenvalue weighted by atomic mass is 16.2. The molecule has 0 aliphatic rings. The minimum Gasteiger partial charge on any atom is -0.322 e. The van der Waals surface area contributed by atoms with Crippen LogP contribution in [0, 0.1) is 13.8 Å². The third-order valence-corrected chi connectivity index (χ3v) is 6.73. The second-order valence-corrected chi connectivity index (χ2v) is 10.3. The van der Waals surface area contributed by atoms with Crippen LogP contribution in [-0.2, 0) is 0 Å². The number of hydrogen-bond acceptors (Lipinski definition) is 4. The first-order valence-electron chi connectivity index (χ1n) is 13.9. The van der Waals surface area contributed by atoms with Gasteiger partial charge in [0.2, 0.25) is 0 Å². The van der Waals surface area contributed by atoms with Gasteiger partial charge >= 0.3 is 0 Å². The SMILES string of the molecule is Cc1cccc(NC(=O)c2cccc(NC(=O)c3ccc(C(=O)Nc4cccc(C(=O)Nc5cccc(C)c5)c4)cc3)c2)c1. The van der Waals surface area contributed by atoms with E-state index in [1.165, 1.54) is 0 Å². The molecule has 4 amide bonds. The Balaban J connectivity index is 1.19. The second kappa shape index (κ2) is 13.3. The Kier molecular flexibility index (Phi) is 8.91. The molecule has 8 heteroatoms. The van der Waals surface area contributed by atoms with Gasteiger partial charge in [-0.25, -0.2) is 0 Å². The summed E-state index contributed by atoms with van der Waals surface area (Å²) in [5, 5.41) is 11.3. The van der Waals surface area contributed by atoms with Gasteiger partial charge in [0, 0.05) is 45.0 Å². The highest BCUT2D eigenvalue weighted by Crippen LogP contribution is 2.18. The van der Waals surface area contributed by atoms with E-state index in [9.17, 15) is 19.2 Å². The molecule has 0 bridgehead atoms. The van der Waals surface area contributed by atoms with Gasteiger partial charge < -0.3 is 21.3 Å². The summed E-state index contributed by atoms with van der Waals surface area (Å²) in [6, 6.07) is 34.5. The number of anilines is 4. The third kappa shape index (κ3) is 7.63. The zero-order chi connectivity index (χ0) is 31.1. The van der Waals surface area contributed by atoms with Crippen LogP contribution in [0.4, 0.5) is 22.7 Å². The van der Waals surface area contributed by atoms with Crippen LogP contribution >= 0.6 is 0 Å². The van der Waals surface area contributed by atoms with E-state index < -0.39 is 0 Å². The summed E-state index contributed by atoms with van der Waals surface area (Å²) in [7, 11) is 0. The lowest BCUT2D eigenvalue weighted by Gasteiger charge is -2.10. The standard InChI is InChI=1S/C36H30N4O4/c1-23-7-3-11-29(19-23)37-35(43)27-9-5-13-31(21-27)39-33(41)25-15-17-26(18-16-25)34(42)40-32-14-6-10-28(22-32)36(44)38-30-12-4-8-24(2)20-30/h3-22H,1-2H3,(H,37,43)(H,38,44)(H,39,41)(H,40,42). The predicted octanol–water partition coefficient (Wildman–Crippen LogP) is 7.31. The van der Waals surface area contributed by atoms with Gasteiger partial charge in [-0.3, -0.25) is 19.2 Å². The van der Waals surface area contributed by atoms with Crippen molar-refractivity contribution in [2.24, 2.45) is 0 Å². The molecule has 218 valence electrons. The first-order valence-corrected chi connectivity index (χ1v) is 13.9. The average Bonchev–Trinajstić information content (AvgIpc) is 3.01. The molecule has 5 aromatic carbocycles. The molecular weight excluding hydrogens is 552 g/mol. The molecule has 4 N–H and O–H groups in total. The van der Waals surface area contributed by atoms with Gasteiger partial charge in [-0.15, -0.1) is 0 Å². The Labute approximate surface area is 255 Å². The van der Waals surface area contributed by atoms with Gasteiger partial charge in [-0.05, 0) is 110 Å². The van der Waals surface area contributed by atoms with Crippen molar-refractivity contribution in [2.45, 2.75) is 13.8 Å². The fraction of sp³-hybridized carbons (Fsp3) is 0.0556. The lowest BCUT2D eigenvalue weighted by molar-refractivity contribution is 0.101. The van der Waals surface area contributed by atoms with Crippen LogP contribution in [0.5, 0.6) is 0 Å². The maximum atomic E-state index is 12.9. The second-order valence-electron chi connectivity index (χ2n) is 10.3. The molecular formula is C36H30N4O4. The van der Waals surface area contributed by atoms with Crippen molar-refractivity contribution in [2.75, 3.05) is 21.3 Å². The Hall–Kier alpha value is -6.02. The molecule has 0 atom stereocenters. The fourth-order valence-corrected chi connectivity index (χ4v) is 4.51. The summed E-state index contributed by atoms with van der Waals surface area (Å²) in [6.07, 6.45) is 0. The number of amides is 4. The van der Waals surface area contributed by atoms with E-state index in [2.05, 4.69) is 21.3 Å². The first-order chi connectivity index (χ1) is 21.2. The largest absolute Gasteiger partial charge is 0.322 e. The maximum absolute atomic E-state index is 12.9. The normalized spacial score (nSPS) is 10.4. The highest BCUT2D eigenvalue weighted by molar-refractivity contribution is 6.09. The fourth-order valence-electron chi connectivity index (χ4n) is 4.51. The molecule has 0 saturated carbocycles. The Morgan fingerprint density at radius 3 is 1.00 bits per heavy atom. The maximum Gasteiger partial charge on any atom is 0.255 e. The lowest BCUT2D eigenvalue weighted by Crippen LogP contribution is -2.16. The number of rotatable bonds is 8. The van der Waals surface area contributed by atoms with Gasteiger partial charge in [0.25, 0.3) is 23.6 Å². The molecule has 5 aromatic rings. The number of nitrogens with one attached hydrogen (secondary N) is 4. The van der Waals surface area contributed by atoms with E-state index in [0.717, 1.165) is 11.1 Å². The predicted molar refractivity (Wildman–Crippen MR) is 173 cm³/mol. The Bertz CT molecular complexity index is 1730. The van der Waals surface area contributed by atoms with Gasteiger partial charge in [-0.1, -0.05) is 36.4 Å². The number of hydrogen-bond donors (Lipinski definition) is 4. The quantitative estimate of drug-likeness (QED) is 0.153. The van der Waals surface area contributed by atoms with Crippen LogP contribution in [0.15, 0.2) is 121 Å². The zero-order valence-electron chi connectivity index (χ0n) is 24.2. The first kappa shape index (κ1) is 29.5. The average molecular weight is 583 g/mol. The summed E-state index contributed by atoms with van der Waals surface area (Å²) < 4.78 is 0. The molecule has 8 nitrogen and oxygen atoms in total. The van der Waals surface area contributed by atoms with E-state index in [1.807, 2.05) is 62.4 Å². The molecule has 0 aliphatic heterocycles. The Morgan fingerprint density at radius 1 is 0.364 bits per heavy atom. The number of benzene rings is 5. The molecule has 5 rings (SSSR count). The molecule has 44 heavy (non-hydrogen) atoms. The van der Waals surface area contributed by atoms with E-state index in [0.29, 0.717) is 45.0 Å². The molecule has 0 saturated heterocycles. The van der Waals surface area contributed by atoms with Gasteiger partial charge in [0.15, 0.2) is 0 Å². The summed E-state index contributed by atoms with van der Waals surface area (Å²) in [5.41, 5.74) is 5.81. The number of carbonyl (C=O) groups is 4. The van der Waals surface area contributed by atoms with Crippen molar-refractivity contribution in [1.82, 2.24) is 0 Å². The van der Waals surface area contributed by atoms with Crippen molar-refractivity contribution in [1.29, 1.82) is 0 Å². The van der Waals surface area contributed by atoms with Crippen LogP contribution in [0.25, 0.3) is 0 Å². The summed E-state index contributed by atoms with van der Waals surface area (Å²) >= 11 is 0. The molecule has 0 heterocycles. The van der Waals surface area contributed by atoms with Gasteiger partial charge in [0.05, 0.1) is 0 Å². The molecule has 0 aromatic heterocycles. The van der Waals surface area contributed by atoms with E-state index in [1.54, 1.807) is 72.8 Å². The van der Waals surface area contributed by atoms with Crippen LogP contribution in [0.3, 0.4) is 0 Å². The molecule has 0 aliphatic carbocycles. The number of carbonyl (C=O) groups excluding carboxylic acids is 4. The van der Waals surface area contributed by atoms with Crippen LogP contribution in [-0.4, -0.2) is 23.6 Å². The molecule has 0 radical (unpaired) electrons. The zero-order valence-corrected chi connectivity index (χ0v) is 24.2. The van der Waals surface area contributed by atoms with Crippen LogP contribution < -0.4 is 21.3 Å². The highest BCUT2D eigenvalue weighted by Gasteiger charge is 2.13. The summed E-state index contributed by atoms with van der Waals surface area (Å²) in [5.74, 6) is -1.36. The van der Waals surface area contributed by atoms with Gasteiger partial charge in [-0.2, -0.15) is 0 Å². The van der Waals surface area contributed by atoms with Gasteiger partial charge in [0.1, 0.15) is 0 Å². The topological polar surface area (TPSA) is 116 Å². The smallest absolute Gasteiger partial charge is 0.255 e. The van der Waals surface area contributed by atoms with E-state index >= 15 is 0 Å².